The van der Waals surface area contributed by atoms with Gasteiger partial charge < -0.3 is 14.6 Å². The van der Waals surface area contributed by atoms with Crippen LogP contribution in [0.15, 0.2) is 23.4 Å². The Morgan fingerprint density at radius 3 is 2.81 bits per heavy atom. The first-order valence-electron chi connectivity index (χ1n) is 8.12. The van der Waals surface area contributed by atoms with Crippen molar-refractivity contribution in [3.8, 4) is 5.75 Å². The van der Waals surface area contributed by atoms with Crippen molar-refractivity contribution in [2.24, 2.45) is 0 Å². The van der Waals surface area contributed by atoms with E-state index in [0.717, 1.165) is 18.7 Å². The van der Waals surface area contributed by atoms with Crippen molar-refractivity contribution in [2.75, 3.05) is 12.4 Å². The maximum Gasteiger partial charge on any atom is 0.296 e. The number of anilines is 1. The average molecular weight is 377 g/mol. The van der Waals surface area contributed by atoms with Gasteiger partial charge >= 0.3 is 0 Å². The summed E-state index contributed by atoms with van der Waals surface area (Å²) in [7, 11) is 1.42. The predicted molar refractivity (Wildman–Crippen MR) is 96.6 cm³/mol. The number of aryl methyl sites for hydroxylation is 1. The monoisotopic (exact) mass is 377 g/mol. The smallest absolute Gasteiger partial charge is 0.296 e. The minimum Gasteiger partial charge on any atom is -0.496 e. The predicted octanol–water partition coefficient (Wildman–Crippen LogP) is 2.96. The van der Waals surface area contributed by atoms with E-state index in [0.29, 0.717) is 16.9 Å². The largest absolute Gasteiger partial charge is 0.496 e. The summed E-state index contributed by atoms with van der Waals surface area (Å²) in [5.74, 6) is 0.838. The minimum atomic E-state index is -0.553. The van der Waals surface area contributed by atoms with E-state index in [1.807, 2.05) is 11.5 Å². The minimum absolute atomic E-state index is 0.132. The summed E-state index contributed by atoms with van der Waals surface area (Å²) in [6, 6.07) is 4.71. The molecular formula is C16H19N5O4S. The molecule has 1 aromatic carbocycles. The fourth-order valence-corrected chi connectivity index (χ4v) is 3.49. The lowest BCUT2D eigenvalue weighted by atomic mass is 10.2. The quantitative estimate of drug-likeness (QED) is 0.448. The number of hydrogen-bond acceptors (Lipinski definition) is 7. The van der Waals surface area contributed by atoms with Crippen molar-refractivity contribution >= 4 is 29.0 Å². The number of amides is 1. The molecule has 9 nitrogen and oxygen atoms in total. The van der Waals surface area contributed by atoms with Crippen molar-refractivity contribution in [3.05, 3.63) is 34.1 Å². The normalized spacial score (nSPS) is 14.7. The number of hydrogen-bond donors (Lipinski definition) is 1. The van der Waals surface area contributed by atoms with E-state index in [1.165, 1.54) is 31.0 Å². The van der Waals surface area contributed by atoms with Gasteiger partial charge in [-0.15, -0.1) is 10.2 Å². The number of ether oxygens (including phenoxy) is 1. The molecule has 1 N–H and O–H groups in total. The van der Waals surface area contributed by atoms with Crippen LogP contribution >= 0.6 is 11.8 Å². The summed E-state index contributed by atoms with van der Waals surface area (Å²) in [6.07, 6.45) is 2.18. The van der Waals surface area contributed by atoms with E-state index in [4.69, 9.17) is 4.74 Å². The molecule has 26 heavy (non-hydrogen) atoms. The van der Waals surface area contributed by atoms with E-state index >= 15 is 0 Å². The van der Waals surface area contributed by atoms with Crippen molar-refractivity contribution in [2.45, 2.75) is 43.1 Å². The van der Waals surface area contributed by atoms with Crippen LogP contribution < -0.4 is 10.1 Å². The summed E-state index contributed by atoms with van der Waals surface area (Å²) in [5.41, 5.74) is -0.0834. The molecule has 1 aromatic heterocycles. The van der Waals surface area contributed by atoms with Crippen molar-refractivity contribution in [3.63, 3.8) is 0 Å². The summed E-state index contributed by atoms with van der Waals surface area (Å²) in [6.45, 7) is 3.62. The Labute approximate surface area is 154 Å². The molecule has 1 fully saturated rings. The second kappa shape index (κ2) is 7.32. The topological polar surface area (TPSA) is 112 Å². The average Bonchev–Trinajstić information content (AvgIpc) is 3.38. The SMILES string of the molecule is COc1ccc(NC(=O)[C@H](C)Sc2nnc(C)n2C2CC2)c([N+](=O)[O-])c1. The Kier molecular flexibility index (Phi) is 5.12. The molecule has 0 radical (unpaired) electrons. The Balaban J connectivity index is 1.73. The highest BCUT2D eigenvalue weighted by Crippen LogP contribution is 2.39. The molecule has 1 aliphatic carbocycles. The third-order valence-electron chi connectivity index (χ3n) is 4.06. The van der Waals surface area contributed by atoms with Gasteiger partial charge in [0.1, 0.15) is 17.3 Å². The molecule has 0 aliphatic heterocycles. The van der Waals surface area contributed by atoms with Crippen LogP contribution in [0.25, 0.3) is 0 Å². The Hall–Kier alpha value is -2.62. The third kappa shape index (κ3) is 3.79. The molecule has 0 saturated heterocycles. The van der Waals surface area contributed by atoms with Crippen LogP contribution in [0.1, 0.15) is 31.6 Å². The zero-order valence-electron chi connectivity index (χ0n) is 14.6. The zero-order chi connectivity index (χ0) is 18.8. The summed E-state index contributed by atoms with van der Waals surface area (Å²) < 4.78 is 7.04. The summed E-state index contributed by atoms with van der Waals surface area (Å²) in [5, 5.41) is 22.3. The van der Waals surface area contributed by atoms with Crippen molar-refractivity contribution < 1.29 is 14.5 Å². The van der Waals surface area contributed by atoms with Crippen LogP contribution in [-0.2, 0) is 4.79 Å². The number of carbonyl (C=O) groups is 1. The molecule has 0 spiro atoms. The molecular weight excluding hydrogens is 358 g/mol. The molecule has 0 bridgehead atoms. The molecule has 1 heterocycles. The van der Waals surface area contributed by atoms with E-state index in [9.17, 15) is 14.9 Å². The van der Waals surface area contributed by atoms with Gasteiger partial charge in [-0.3, -0.25) is 14.9 Å². The van der Waals surface area contributed by atoms with E-state index in [2.05, 4.69) is 15.5 Å². The van der Waals surface area contributed by atoms with Gasteiger partial charge in [-0.05, 0) is 38.8 Å². The lowest BCUT2D eigenvalue weighted by Crippen LogP contribution is -2.23. The number of nitrogens with one attached hydrogen (secondary N) is 1. The van der Waals surface area contributed by atoms with Gasteiger partial charge in [0.25, 0.3) is 5.69 Å². The number of nitrogens with zero attached hydrogens (tertiary/aromatic N) is 4. The number of nitro benzene ring substituents is 1. The van der Waals surface area contributed by atoms with Crippen LogP contribution in [-0.4, -0.2) is 38.0 Å². The molecule has 1 saturated carbocycles. The molecule has 2 aromatic rings. The van der Waals surface area contributed by atoms with Crippen molar-refractivity contribution in [1.82, 2.24) is 14.8 Å². The first-order valence-corrected chi connectivity index (χ1v) is 9.00. The number of nitro groups is 1. The Morgan fingerprint density at radius 1 is 1.46 bits per heavy atom. The van der Waals surface area contributed by atoms with Gasteiger partial charge in [-0.2, -0.15) is 0 Å². The van der Waals surface area contributed by atoms with E-state index in [1.54, 1.807) is 13.0 Å². The fourth-order valence-electron chi connectivity index (χ4n) is 2.52. The lowest BCUT2D eigenvalue weighted by Gasteiger charge is -2.13. The highest BCUT2D eigenvalue weighted by Gasteiger charge is 2.30. The zero-order valence-corrected chi connectivity index (χ0v) is 15.4. The molecule has 0 unspecified atom stereocenters. The Morgan fingerprint density at radius 2 is 2.19 bits per heavy atom. The van der Waals surface area contributed by atoms with Gasteiger partial charge in [0.05, 0.1) is 23.3 Å². The second-order valence-corrected chi connectivity index (χ2v) is 7.33. The second-order valence-electron chi connectivity index (χ2n) is 6.02. The molecule has 3 rings (SSSR count). The summed E-state index contributed by atoms with van der Waals surface area (Å²) in [4.78, 5) is 23.2. The third-order valence-corrected chi connectivity index (χ3v) is 5.11. The van der Waals surface area contributed by atoms with Gasteiger partial charge in [-0.25, -0.2) is 0 Å². The molecule has 138 valence electrons. The van der Waals surface area contributed by atoms with Crippen LogP contribution in [0.4, 0.5) is 11.4 Å². The first-order chi connectivity index (χ1) is 12.4. The number of benzene rings is 1. The van der Waals surface area contributed by atoms with E-state index < -0.39 is 10.2 Å². The highest BCUT2D eigenvalue weighted by atomic mass is 32.2. The van der Waals surface area contributed by atoms with Gasteiger partial charge in [0, 0.05) is 6.04 Å². The highest BCUT2D eigenvalue weighted by molar-refractivity contribution is 8.00. The van der Waals surface area contributed by atoms with Crippen LogP contribution in [0.3, 0.4) is 0 Å². The molecule has 1 atom stereocenters. The number of methoxy groups -OCH3 is 1. The molecule has 1 amide bonds. The molecule has 10 heteroatoms. The van der Waals surface area contributed by atoms with Crippen LogP contribution in [0.2, 0.25) is 0 Å². The maximum atomic E-state index is 12.5. The lowest BCUT2D eigenvalue weighted by molar-refractivity contribution is -0.384. The van der Waals surface area contributed by atoms with Crippen LogP contribution in [0, 0.1) is 17.0 Å². The van der Waals surface area contributed by atoms with Crippen LogP contribution in [0.5, 0.6) is 5.75 Å². The van der Waals surface area contributed by atoms with Crippen molar-refractivity contribution in [1.29, 1.82) is 0 Å². The Bertz CT molecular complexity index is 849. The number of carbonyl (C=O) groups excluding carboxylic acids is 1. The maximum absolute atomic E-state index is 12.5. The number of thioether (sulfide) groups is 1. The number of rotatable bonds is 7. The van der Waals surface area contributed by atoms with Gasteiger partial charge in [0.2, 0.25) is 5.91 Å². The van der Waals surface area contributed by atoms with Gasteiger partial charge in [0.15, 0.2) is 5.16 Å². The molecule has 1 aliphatic rings. The fraction of sp³-hybridized carbons (Fsp3) is 0.438. The standard InChI is InChI=1S/C16H19N5O4S/c1-9(26-16-19-18-10(2)20(16)11-4-5-11)15(22)17-13-7-6-12(25-3)8-14(13)21(23)24/h6-9,11H,4-5H2,1-3H3,(H,17,22)/t9-/m0/s1. The van der Waals surface area contributed by atoms with E-state index in [-0.39, 0.29) is 17.3 Å². The van der Waals surface area contributed by atoms with Gasteiger partial charge in [-0.1, -0.05) is 11.8 Å². The first kappa shape index (κ1) is 18.2. The number of aromatic nitrogens is 3. The summed E-state index contributed by atoms with van der Waals surface area (Å²) >= 11 is 1.29.